The van der Waals surface area contributed by atoms with Gasteiger partial charge in [0.15, 0.2) is 11.3 Å². The number of fused-ring (bicyclic) bond motifs is 5. The van der Waals surface area contributed by atoms with Crippen LogP contribution >= 0.6 is 11.3 Å². The molecular formula is C46H56N6O10S2. The number of nitrogens with zero attached hydrogens (tertiary/aromatic N) is 3. The van der Waals surface area contributed by atoms with Crippen LogP contribution < -0.4 is 24.8 Å². The van der Waals surface area contributed by atoms with Crippen molar-refractivity contribution in [2.45, 2.75) is 145 Å². The van der Waals surface area contributed by atoms with Crippen LogP contribution in [-0.4, -0.2) is 95.3 Å². The summed E-state index contributed by atoms with van der Waals surface area (Å²) in [6, 6.07) is 5.04. The number of rotatable bonds is 10. The van der Waals surface area contributed by atoms with Gasteiger partial charge in [0.05, 0.1) is 24.1 Å². The Morgan fingerprint density at radius 3 is 2.55 bits per heavy atom. The quantitative estimate of drug-likeness (QED) is 0.137. The summed E-state index contributed by atoms with van der Waals surface area (Å²) < 4.78 is 52.3. The fourth-order valence-electron chi connectivity index (χ4n) is 9.14. The smallest absolute Gasteiger partial charge is 0.408 e. The molecule has 5 atom stereocenters. The van der Waals surface area contributed by atoms with Crippen LogP contribution in [0.1, 0.15) is 116 Å². The first kappa shape index (κ1) is 44.0. The molecule has 1 saturated heterocycles. The molecule has 1 aromatic carbocycles. The molecule has 0 radical (unpaired) electrons. The first-order chi connectivity index (χ1) is 30.7. The minimum absolute atomic E-state index is 0.00728. The van der Waals surface area contributed by atoms with Gasteiger partial charge in [-0.05, 0) is 89.2 Å². The molecule has 2 aliphatic heterocycles. The Bertz CT molecular complexity index is 2610. The average Bonchev–Trinajstić information content (AvgIpc) is 3.74. The lowest BCUT2D eigenvalue weighted by molar-refractivity contribution is -0.141. The highest BCUT2D eigenvalue weighted by Crippen LogP contribution is 2.48. The molecule has 64 heavy (non-hydrogen) atoms. The van der Waals surface area contributed by atoms with Crippen LogP contribution in [0.15, 0.2) is 46.2 Å². The number of furan rings is 1. The molecule has 342 valence electrons. The Kier molecular flexibility index (Phi) is 11.9. The van der Waals surface area contributed by atoms with Crippen molar-refractivity contribution < 1.29 is 46.2 Å². The lowest BCUT2D eigenvalue weighted by Crippen LogP contribution is -2.58. The highest BCUT2D eigenvalue weighted by atomic mass is 32.2. The second-order valence-electron chi connectivity index (χ2n) is 18.6. The number of hydrogen-bond acceptors (Lipinski definition) is 13. The van der Waals surface area contributed by atoms with E-state index in [0.29, 0.717) is 71.0 Å². The van der Waals surface area contributed by atoms with E-state index in [4.69, 9.17) is 28.6 Å². The Hall–Kier alpha value is -5.23. The van der Waals surface area contributed by atoms with E-state index in [1.54, 1.807) is 26.2 Å². The number of ether oxygens (including phenoxy) is 3. The SMILES string of the molecule is COc1ccc2c(c1)oc1c(O[C@@H]3C[C@H]4C(=O)N[C@]5(C(=O)NS(=O)(=O)C6(C)CC6)C[C@H]5C=CCCCCC[C@H](NC(=O)OC5CCCC5)C(=O)N4C3)cc(-c3nc(C(C)C)cs3)nc12. The number of sulfonamides is 1. The minimum atomic E-state index is -4.02. The normalized spacial score (nSPS) is 26.2. The number of benzene rings is 1. The number of pyridine rings is 1. The van der Waals surface area contributed by atoms with Gasteiger partial charge in [-0.2, -0.15) is 0 Å². The van der Waals surface area contributed by atoms with Gasteiger partial charge in [-0.1, -0.05) is 38.8 Å². The van der Waals surface area contributed by atoms with Gasteiger partial charge in [-0.3, -0.25) is 19.1 Å². The fourth-order valence-corrected chi connectivity index (χ4v) is 11.4. The summed E-state index contributed by atoms with van der Waals surface area (Å²) in [5.41, 5.74) is 1.34. The monoisotopic (exact) mass is 916 g/mol. The van der Waals surface area contributed by atoms with Crippen LogP contribution in [0, 0.1) is 5.92 Å². The maximum absolute atomic E-state index is 14.9. The largest absolute Gasteiger partial charge is 0.497 e. The van der Waals surface area contributed by atoms with E-state index in [2.05, 4.69) is 29.2 Å². The summed E-state index contributed by atoms with van der Waals surface area (Å²) in [7, 11) is -2.45. The number of carbonyl (C=O) groups is 4. The lowest BCUT2D eigenvalue weighted by atomic mass is 10.0. The van der Waals surface area contributed by atoms with E-state index in [0.717, 1.165) is 49.6 Å². The number of carbonyl (C=O) groups excluding carboxylic acids is 4. The fraction of sp³-hybridized carbons (Fsp3) is 0.565. The zero-order chi connectivity index (χ0) is 45.0. The number of thiazole rings is 1. The van der Waals surface area contributed by atoms with Crippen LogP contribution in [0.4, 0.5) is 4.79 Å². The van der Waals surface area contributed by atoms with Crippen molar-refractivity contribution in [3.05, 3.63) is 47.5 Å². The van der Waals surface area contributed by atoms with E-state index >= 15 is 0 Å². The second-order valence-corrected chi connectivity index (χ2v) is 21.6. The van der Waals surface area contributed by atoms with E-state index in [-0.39, 0.29) is 31.4 Å². The standard InChI is InChI=1S/C46H56N6O10S2/c1-26(2)34-25-63-41(48-34)33-22-37(39-38(47-33)31-17-16-29(59-4)21-36(31)62-39)60-30-20-35-40(53)50-46(43(55)51-64(57,58)45(3)18-19-45)23-27(46)12-8-6-5-7-9-15-32(42(54)52(35)24-30)49-44(56)61-28-13-10-11-14-28/h8,12,16-17,21-22,25-28,30,32,35H,5-7,9-11,13-15,18-20,23-24H2,1-4H3,(H,49,56)(H,50,53)(H,51,55)/t27-,30-,32+,35+,46-/m1/s1. The summed E-state index contributed by atoms with van der Waals surface area (Å²) in [6.45, 7) is 5.68. The highest BCUT2D eigenvalue weighted by molar-refractivity contribution is 7.91. The lowest BCUT2D eigenvalue weighted by Gasteiger charge is -2.30. The molecule has 3 saturated carbocycles. The predicted molar refractivity (Wildman–Crippen MR) is 239 cm³/mol. The van der Waals surface area contributed by atoms with Crippen LogP contribution in [0.3, 0.4) is 0 Å². The van der Waals surface area contributed by atoms with Crippen molar-refractivity contribution in [1.29, 1.82) is 0 Å². The highest BCUT2D eigenvalue weighted by Gasteiger charge is 2.63. The zero-order valence-corrected chi connectivity index (χ0v) is 38.3. The molecule has 9 rings (SSSR count). The summed E-state index contributed by atoms with van der Waals surface area (Å²) >= 11 is 1.46. The van der Waals surface area contributed by atoms with E-state index < -0.39 is 68.2 Å². The molecule has 0 bridgehead atoms. The summed E-state index contributed by atoms with van der Waals surface area (Å²) in [5.74, 6) is -1.27. The molecule has 0 unspecified atom stereocenters. The molecule has 3 aliphatic carbocycles. The van der Waals surface area contributed by atoms with Gasteiger partial charge in [-0.15, -0.1) is 11.3 Å². The van der Waals surface area contributed by atoms with Crippen molar-refractivity contribution in [1.82, 2.24) is 30.2 Å². The molecule has 3 N–H and O–H groups in total. The van der Waals surface area contributed by atoms with Gasteiger partial charge in [0.25, 0.3) is 5.91 Å². The van der Waals surface area contributed by atoms with Crippen molar-refractivity contribution in [3.8, 4) is 22.2 Å². The van der Waals surface area contributed by atoms with Crippen LogP contribution in [0.5, 0.6) is 11.5 Å². The summed E-state index contributed by atoms with van der Waals surface area (Å²) in [5, 5.41) is 9.19. The molecule has 4 amide bonds. The summed E-state index contributed by atoms with van der Waals surface area (Å²) in [4.78, 5) is 68.3. The van der Waals surface area contributed by atoms with Gasteiger partial charge in [-0.25, -0.2) is 23.2 Å². The molecule has 4 fully saturated rings. The number of nitrogens with one attached hydrogen (secondary N) is 3. The predicted octanol–water partition coefficient (Wildman–Crippen LogP) is 7.02. The van der Waals surface area contributed by atoms with Crippen molar-refractivity contribution >= 4 is 67.2 Å². The number of amides is 4. The number of allylic oxidation sites excluding steroid dienone is 1. The number of aromatic nitrogens is 2. The Morgan fingerprint density at radius 2 is 1.81 bits per heavy atom. The molecule has 18 heteroatoms. The van der Waals surface area contributed by atoms with Gasteiger partial charge in [0.1, 0.15) is 57.4 Å². The maximum atomic E-state index is 14.9. The van der Waals surface area contributed by atoms with Crippen molar-refractivity contribution in [2.24, 2.45) is 5.92 Å². The molecule has 5 heterocycles. The molecule has 5 aliphatic rings. The third kappa shape index (κ3) is 8.66. The molecule has 3 aromatic heterocycles. The number of alkyl carbamates (subject to hydrolysis) is 1. The minimum Gasteiger partial charge on any atom is -0.497 e. The molecular weight excluding hydrogens is 861 g/mol. The van der Waals surface area contributed by atoms with Gasteiger partial charge < -0.3 is 34.2 Å². The Balaban J connectivity index is 1.06. The molecule has 4 aromatic rings. The average molecular weight is 917 g/mol. The van der Waals surface area contributed by atoms with Gasteiger partial charge in [0.2, 0.25) is 21.8 Å². The van der Waals surface area contributed by atoms with Gasteiger partial charge in [0, 0.05) is 35.2 Å². The third-order valence-electron chi connectivity index (χ3n) is 13.6. The number of hydrogen-bond donors (Lipinski definition) is 3. The molecule has 0 spiro atoms. The van der Waals surface area contributed by atoms with Crippen molar-refractivity contribution in [3.63, 3.8) is 0 Å². The van der Waals surface area contributed by atoms with E-state index in [1.807, 2.05) is 29.7 Å². The first-order valence-electron chi connectivity index (χ1n) is 22.5. The first-order valence-corrected chi connectivity index (χ1v) is 24.9. The Labute approximate surface area is 376 Å². The number of methoxy groups -OCH3 is 1. The van der Waals surface area contributed by atoms with Crippen molar-refractivity contribution in [2.75, 3.05) is 13.7 Å². The third-order valence-corrected chi connectivity index (χ3v) is 16.6. The zero-order valence-electron chi connectivity index (χ0n) is 36.6. The Morgan fingerprint density at radius 1 is 1.03 bits per heavy atom. The van der Waals surface area contributed by atoms with Crippen LogP contribution in [0.25, 0.3) is 32.8 Å². The molecule has 16 nitrogen and oxygen atoms in total. The van der Waals surface area contributed by atoms with Gasteiger partial charge >= 0.3 is 6.09 Å². The van der Waals surface area contributed by atoms with E-state index in [9.17, 15) is 27.6 Å². The van der Waals surface area contributed by atoms with E-state index in [1.165, 1.54) is 16.2 Å². The summed E-state index contributed by atoms with van der Waals surface area (Å²) in [6.07, 6.45) is 9.81. The second kappa shape index (κ2) is 17.3. The topological polar surface area (TPSA) is 208 Å². The van der Waals surface area contributed by atoms with Crippen LogP contribution in [0.2, 0.25) is 0 Å². The maximum Gasteiger partial charge on any atom is 0.408 e. The van der Waals surface area contributed by atoms with Crippen LogP contribution in [-0.2, 0) is 29.1 Å².